The minimum Gasteiger partial charge on any atom is -0.478 e. The smallest absolute Gasteiger partial charge is 0.337 e. The molecule has 1 heterocycles. The van der Waals surface area contributed by atoms with Crippen molar-refractivity contribution in [1.29, 1.82) is 0 Å². The van der Waals surface area contributed by atoms with Crippen LogP contribution in [0.1, 0.15) is 10.4 Å². The summed E-state index contributed by atoms with van der Waals surface area (Å²) in [4.78, 5) is 14.5. The Balaban J connectivity index is 2.49. The number of carbonyl (C=O) groups is 1. The van der Waals surface area contributed by atoms with Crippen molar-refractivity contribution in [3.8, 4) is 0 Å². The van der Waals surface area contributed by atoms with E-state index in [0.29, 0.717) is 0 Å². The molecule has 2 rings (SSSR count). The second-order valence-electron chi connectivity index (χ2n) is 3.50. The fourth-order valence-corrected chi connectivity index (χ4v) is 3.36. The van der Waals surface area contributed by atoms with Gasteiger partial charge in [0.1, 0.15) is 4.90 Å². The summed E-state index contributed by atoms with van der Waals surface area (Å²) < 4.78 is 26.4. The average molecular weight is 299 g/mol. The van der Waals surface area contributed by atoms with Crippen molar-refractivity contribution in [2.24, 2.45) is 0 Å². The van der Waals surface area contributed by atoms with Crippen LogP contribution in [0.15, 0.2) is 34.7 Å². The summed E-state index contributed by atoms with van der Waals surface area (Å²) in [6.45, 7) is 0. The fraction of sp³-hybridized carbons (Fsp3) is 0. The number of nitrogen functional groups attached to an aromatic ring is 1. The number of benzene rings is 1. The highest BCUT2D eigenvalue weighted by molar-refractivity contribution is 7.93. The number of nitrogens with two attached hydrogens (primary N) is 1. The topological polar surface area (TPSA) is 122 Å². The van der Waals surface area contributed by atoms with Crippen molar-refractivity contribution in [1.82, 2.24) is 4.98 Å². The maximum atomic E-state index is 12.1. The lowest BCUT2D eigenvalue weighted by Crippen LogP contribution is -2.17. The number of nitrogens with one attached hydrogen (secondary N) is 1. The molecule has 2 aromatic rings. The molecule has 19 heavy (non-hydrogen) atoms. The molecule has 1 aromatic carbocycles. The van der Waals surface area contributed by atoms with E-state index >= 15 is 0 Å². The lowest BCUT2D eigenvalue weighted by Gasteiger charge is -2.08. The first-order valence-electron chi connectivity index (χ1n) is 4.95. The number of carboxylic acids is 1. The first-order valence-corrected chi connectivity index (χ1v) is 7.31. The predicted molar refractivity (Wildman–Crippen MR) is 70.7 cm³/mol. The number of nitrogens with zero attached hydrogens (tertiary/aromatic N) is 1. The molecule has 7 nitrogen and oxygen atoms in total. The number of hydrogen-bond acceptors (Lipinski definition) is 6. The normalized spacial score (nSPS) is 11.2. The number of rotatable bonds is 4. The molecule has 0 aliphatic rings. The van der Waals surface area contributed by atoms with Crippen LogP contribution < -0.4 is 10.5 Å². The van der Waals surface area contributed by atoms with Crippen molar-refractivity contribution in [3.63, 3.8) is 0 Å². The monoisotopic (exact) mass is 299 g/mol. The molecule has 0 saturated carbocycles. The van der Waals surface area contributed by atoms with Crippen LogP contribution >= 0.6 is 11.3 Å². The van der Waals surface area contributed by atoms with Gasteiger partial charge in [-0.3, -0.25) is 4.72 Å². The molecule has 0 amide bonds. The van der Waals surface area contributed by atoms with Crippen LogP contribution in [-0.2, 0) is 10.0 Å². The molecule has 0 unspecified atom stereocenters. The lowest BCUT2D eigenvalue weighted by atomic mass is 10.2. The summed E-state index contributed by atoms with van der Waals surface area (Å²) in [6.07, 6.45) is 1.43. The van der Waals surface area contributed by atoms with Gasteiger partial charge in [-0.15, -0.1) is 11.3 Å². The van der Waals surface area contributed by atoms with Crippen LogP contribution in [0.2, 0.25) is 0 Å². The van der Waals surface area contributed by atoms with Gasteiger partial charge in [0, 0.05) is 17.3 Å². The van der Waals surface area contributed by atoms with Crippen molar-refractivity contribution in [3.05, 3.63) is 35.3 Å². The summed E-state index contributed by atoms with van der Waals surface area (Å²) in [6, 6.07) is 3.57. The van der Waals surface area contributed by atoms with E-state index < -0.39 is 16.0 Å². The first-order chi connectivity index (χ1) is 8.90. The van der Waals surface area contributed by atoms with Crippen LogP contribution in [0.5, 0.6) is 0 Å². The van der Waals surface area contributed by atoms with E-state index in [2.05, 4.69) is 9.71 Å². The third-order valence-corrected chi connectivity index (χ3v) is 4.39. The molecule has 9 heteroatoms. The Hall–Kier alpha value is -2.13. The van der Waals surface area contributed by atoms with Crippen LogP contribution in [-0.4, -0.2) is 24.5 Å². The lowest BCUT2D eigenvalue weighted by molar-refractivity contribution is 0.0692. The molecule has 0 aliphatic carbocycles. The molecule has 0 bridgehead atoms. The van der Waals surface area contributed by atoms with Crippen molar-refractivity contribution >= 4 is 38.1 Å². The van der Waals surface area contributed by atoms with Crippen molar-refractivity contribution in [2.75, 3.05) is 10.5 Å². The fourth-order valence-electron chi connectivity index (χ4n) is 1.39. The van der Waals surface area contributed by atoms with Gasteiger partial charge < -0.3 is 10.8 Å². The van der Waals surface area contributed by atoms with Gasteiger partial charge in [-0.1, -0.05) is 0 Å². The molecular weight excluding hydrogens is 290 g/mol. The summed E-state index contributed by atoms with van der Waals surface area (Å²) in [5.74, 6) is -1.37. The van der Waals surface area contributed by atoms with E-state index in [4.69, 9.17) is 10.8 Å². The molecule has 100 valence electrons. The Labute approximate surface area is 112 Å². The van der Waals surface area contributed by atoms with Gasteiger partial charge in [-0.2, -0.15) is 0 Å². The Morgan fingerprint density at radius 3 is 2.74 bits per heavy atom. The number of carboxylic acid groups (broad SMARTS) is 1. The Bertz CT molecular complexity index is 710. The molecular formula is C10H9N3O4S2. The van der Waals surface area contributed by atoms with Gasteiger partial charge in [-0.25, -0.2) is 18.2 Å². The van der Waals surface area contributed by atoms with Crippen molar-refractivity contribution in [2.45, 2.75) is 4.90 Å². The second-order valence-corrected chi connectivity index (χ2v) is 6.05. The van der Waals surface area contributed by atoms with Gasteiger partial charge in [-0.05, 0) is 18.2 Å². The number of thiazole rings is 1. The Kier molecular flexibility index (Phi) is 3.40. The molecule has 0 fully saturated rings. The Morgan fingerprint density at radius 2 is 2.16 bits per heavy atom. The molecule has 1 aromatic heterocycles. The largest absolute Gasteiger partial charge is 0.478 e. The second kappa shape index (κ2) is 4.86. The molecule has 4 N–H and O–H groups in total. The van der Waals surface area contributed by atoms with Gasteiger partial charge in [0.25, 0.3) is 10.0 Å². The standard InChI is InChI=1S/C10H9N3O4S2/c11-6-1-2-8(7(5-6)9(14)15)19(16,17)13-10-12-3-4-18-10/h1-5H,11H2,(H,12,13)(H,14,15). The van der Waals surface area contributed by atoms with Gasteiger partial charge in [0.05, 0.1) is 5.56 Å². The van der Waals surface area contributed by atoms with Crippen molar-refractivity contribution < 1.29 is 18.3 Å². The van der Waals surface area contributed by atoms with E-state index in [9.17, 15) is 13.2 Å². The van der Waals surface area contributed by atoms with Gasteiger partial charge in [0.15, 0.2) is 5.13 Å². The van der Waals surface area contributed by atoms with E-state index in [1.807, 2.05) is 0 Å². The minimum absolute atomic E-state index is 0.160. The number of aromatic nitrogens is 1. The SMILES string of the molecule is Nc1ccc(S(=O)(=O)Nc2nccs2)c(C(=O)O)c1. The zero-order valence-electron chi connectivity index (χ0n) is 9.40. The van der Waals surface area contributed by atoms with E-state index in [1.54, 1.807) is 5.38 Å². The Morgan fingerprint density at radius 1 is 1.42 bits per heavy atom. The van der Waals surface area contributed by atoms with Crippen LogP contribution in [0, 0.1) is 0 Å². The van der Waals surface area contributed by atoms with E-state index in [0.717, 1.165) is 23.5 Å². The van der Waals surface area contributed by atoms with Gasteiger partial charge >= 0.3 is 5.97 Å². The predicted octanol–water partition coefficient (Wildman–Crippen LogP) is 1.22. The van der Waals surface area contributed by atoms with Crippen LogP contribution in [0.4, 0.5) is 10.8 Å². The highest BCUT2D eigenvalue weighted by atomic mass is 32.2. The van der Waals surface area contributed by atoms with Gasteiger partial charge in [0.2, 0.25) is 0 Å². The quantitative estimate of drug-likeness (QED) is 0.730. The highest BCUT2D eigenvalue weighted by Gasteiger charge is 2.23. The first kappa shape index (κ1) is 13.3. The summed E-state index contributed by atoms with van der Waals surface area (Å²) >= 11 is 1.09. The summed E-state index contributed by atoms with van der Waals surface area (Å²) in [7, 11) is -4.01. The minimum atomic E-state index is -4.01. The number of hydrogen-bond donors (Lipinski definition) is 3. The number of sulfonamides is 1. The third kappa shape index (κ3) is 2.83. The van der Waals surface area contributed by atoms with E-state index in [1.165, 1.54) is 12.3 Å². The maximum absolute atomic E-state index is 12.1. The third-order valence-electron chi connectivity index (χ3n) is 2.18. The zero-order valence-corrected chi connectivity index (χ0v) is 11.0. The molecule has 0 radical (unpaired) electrons. The maximum Gasteiger partial charge on any atom is 0.337 e. The van der Waals surface area contributed by atoms with E-state index in [-0.39, 0.29) is 21.3 Å². The molecule has 0 atom stereocenters. The summed E-state index contributed by atoms with van der Waals surface area (Å²) in [5.41, 5.74) is 5.24. The molecule has 0 aliphatic heterocycles. The molecule has 0 spiro atoms. The number of aromatic carboxylic acids is 1. The number of anilines is 2. The van der Waals surface area contributed by atoms with Crippen LogP contribution in [0.3, 0.4) is 0 Å². The van der Waals surface area contributed by atoms with Crippen LogP contribution in [0.25, 0.3) is 0 Å². The molecule has 0 saturated heterocycles. The summed E-state index contributed by atoms with van der Waals surface area (Å²) in [5, 5.41) is 10.8. The highest BCUT2D eigenvalue weighted by Crippen LogP contribution is 2.22. The average Bonchev–Trinajstić information content (AvgIpc) is 2.80. The zero-order chi connectivity index (χ0) is 14.0.